The molecular formula is C22H28N2O2S. The summed E-state index contributed by atoms with van der Waals surface area (Å²) in [5.41, 5.74) is 3.12. The van der Waals surface area contributed by atoms with E-state index in [0.29, 0.717) is 5.92 Å². The van der Waals surface area contributed by atoms with Crippen LogP contribution in [-0.2, 0) is 16.1 Å². The van der Waals surface area contributed by atoms with E-state index in [1.165, 1.54) is 11.1 Å². The number of methoxy groups -OCH3 is 1. The molecule has 144 valence electrons. The van der Waals surface area contributed by atoms with Crippen LogP contribution < -0.4 is 0 Å². The molecule has 2 aliphatic rings. The van der Waals surface area contributed by atoms with Gasteiger partial charge >= 0.3 is 0 Å². The average molecular weight is 385 g/mol. The lowest BCUT2D eigenvalue weighted by Gasteiger charge is -2.43. The van der Waals surface area contributed by atoms with E-state index in [-0.39, 0.29) is 17.9 Å². The van der Waals surface area contributed by atoms with Gasteiger partial charge in [0.2, 0.25) is 5.91 Å². The van der Waals surface area contributed by atoms with E-state index in [4.69, 9.17) is 4.74 Å². The first-order chi connectivity index (χ1) is 13.2. The number of thiophene rings is 1. The van der Waals surface area contributed by atoms with Crippen molar-refractivity contribution in [3.05, 3.63) is 58.3 Å². The number of piperidine rings is 1. The van der Waals surface area contributed by atoms with Crippen LogP contribution in [0.5, 0.6) is 0 Å². The molecule has 1 atom stereocenters. The molecule has 3 heterocycles. The third-order valence-electron chi connectivity index (χ3n) is 6.29. The number of ether oxygens (including phenoxy) is 1. The van der Waals surface area contributed by atoms with Crippen LogP contribution in [-0.4, -0.2) is 55.6 Å². The molecule has 1 spiro atoms. The third-order valence-corrected chi connectivity index (χ3v) is 7.02. The van der Waals surface area contributed by atoms with Crippen molar-refractivity contribution in [3.8, 4) is 0 Å². The van der Waals surface area contributed by atoms with Crippen LogP contribution in [0, 0.1) is 5.41 Å². The van der Waals surface area contributed by atoms with Crippen LogP contribution in [0.4, 0.5) is 0 Å². The van der Waals surface area contributed by atoms with E-state index < -0.39 is 0 Å². The summed E-state index contributed by atoms with van der Waals surface area (Å²) in [6.07, 6.45) is 2.14. The molecule has 27 heavy (non-hydrogen) atoms. The molecule has 0 radical (unpaired) electrons. The lowest BCUT2D eigenvalue weighted by molar-refractivity contribution is -0.137. The lowest BCUT2D eigenvalue weighted by atomic mass is 9.68. The van der Waals surface area contributed by atoms with Crippen molar-refractivity contribution in [3.63, 3.8) is 0 Å². The molecule has 0 bridgehead atoms. The summed E-state index contributed by atoms with van der Waals surface area (Å²) in [7, 11) is 1.59. The Kier molecular flexibility index (Phi) is 5.62. The number of carbonyl (C=O) groups is 1. The summed E-state index contributed by atoms with van der Waals surface area (Å²) in [6, 6.07) is 13.2. The first-order valence-electron chi connectivity index (χ1n) is 9.75. The highest BCUT2D eigenvalue weighted by Crippen LogP contribution is 2.50. The number of hydrogen-bond acceptors (Lipinski definition) is 4. The Morgan fingerprint density at radius 3 is 2.67 bits per heavy atom. The molecule has 0 N–H and O–H groups in total. The molecular weight excluding hydrogens is 356 g/mol. The quantitative estimate of drug-likeness (QED) is 0.790. The maximum Gasteiger partial charge on any atom is 0.248 e. The summed E-state index contributed by atoms with van der Waals surface area (Å²) in [5.74, 6) is 0.661. The molecule has 2 aliphatic heterocycles. The molecule has 2 fully saturated rings. The van der Waals surface area contributed by atoms with Crippen LogP contribution in [0.25, 0.3) is 0 Å². The van der Waals surface area contributed by atoms with E-state index in [1.807, 2.05) is 4.90 Å². The minimum atomic E-state index is 0.122. The van der Waals surface area contributed by atoms with Gasteiger partial charge in [0.1, 0.15) is 6.61 Å². The largest absolute Gasteiger partial charge is 0.375 e. The summed E-state index contributed by atoms with van der Waals surface area (Å²) >= 11 is 1.77. The summed E-state index contributed by atoms with van der Waals surface area (Å²) in [5, 5.41) is 4.42. The van der Waals surface area contributed by atoms with Crippen LogP contribution in [0.15, 0.2) is 47.2 Å². The Morgan fingerprint density at radius 2 is 2.00 bits per heavy atom. The Morgan fingerprint density at radius 1 is 1.22 bits per heavy atom. The van der Waals surface area contributed by atoms with E-state index >= 15 is 0 Å². The van der Waals surface area contributed by atoms with Crippen molar-refractivity contribution < 1.29 is 9.53 Å². The molecule has 0 saturated carbocycles. The fraction of sp³-hybridized carbons (Fsp3) is 0.500. The van der Waals surface area contributed by atoms with Gasteiger partial charge in [-0.15, -0.1) is 0 Å². The maximum absolute atomic E-state index is 12.2. The van der Waals surface area contributed by atoms with Gasteiger partial charge in [-0.1, -0.05) is 30.3 Å². The van der Waals surface area contributed by atoms with Crippen molar-refractivity contribution >= 4 is 17.2 Å². The number of rotatable bonds is 5. The number of likely N-dealkylation sites (tertiary alicyclic amines) is 2. The predicted octanol–water partition coefficient (Wildman–Crippen LogP) is 3.60. The van der Waals surface area contributed by atoms with Crippen molar-refractivity contribution in [2.75, 3.05) is 39.9 Å². The highest BCUT2D eigenvalue weighted by Gasteiger charge is 2.48. The standard InChI is InChI=1S/C22H28N2O2S/c1-26-15-21(25)24-10-8-22(9-11-24)17-23(13-18-7-12-27-16-18)14-20(22)19-5-3-2-4-6-19/h2-7,12,16,20H,8-11,13-15,17H2,1H3/t20-/m1/s1. The fourth-order valence-corrected chi connectivity index (χ4v) is 5.56. The zero-order valence-electron chi connectivity index (χ0n) is 16.0. The molecule has 0 unspecified atom stereocenters. The second-order valence-corrected chi connectivity index (χ2v) is 8.72. The number of benzene rings is 1. The van der Waals surface area contributed by atoms with Gasteiger partial charge in [-0.25, -0.2) is 0 Å². The van der Waals surface area contributed by atoms with Gasteiger partial charge in [-0.05, 0) is 46.2 Å². The zero-order valence-corrected chi connectivity index (χ0v) is 16.8. The van der Waals surface area contributed by atoms with E-state index in [0.717, 1.165) is 45.6 Å². The SMILES string of the molecule is COCC(=O)N1CCC2(CC1)CN(Cc1ccsc1)C[C@@H]2c1ccccc1. The number of nitrogens with zero attached hydrogens (tertiary/aromatic N) is 2. The van der Waals surface area contributed by atoms with E-state index in [9.17, 15) is 4.79 Å². The summed E-state index contributed by atoms with van der Waals surface area (Å²) in [6.45, 7) is 5.14. The van der Waals surface area contributed by atoms with Crippen molar-refractivity contribution in [2.24, 2.45) is 5.41 Å². The van der Waals surface area contributed by atoms with Gasteiger partial charge in [-0.2, -0.15) is 11.3 Å². The molecule has 4 rings (SSSR count). The highest BCUT2D eigenvalue weighted by molar-refractivity contribution is 7.07. The Hall–Kier alpha value is -1.69. The van der Waals surface area contributed by atoms with Gasteiger partial charge in [-0.3, -0.25) is 9.69 Å². The van der Waals surface area contributed by atoms with Crippen LogP contribution in [0.1, 0.15) is 29.9 Å². The van der Waals surface area contributed by atoms with Crippen molar-refractivity contribution in [1.82, 2.24) is 9.80 Å². The third kappa shape index (κ3) is 3.96. The minimum absolute atomic E-state index is 0.122. The average Bonchev–Trinajstić information content (AvgIpc) is 3.32. The molecule has 1 amide bonds. The zero-order chi connectivity index (χ0) is 18.7. The smallest absolute Gasteiger partial charge is 0.248 e. The lowest BCUT2D eigenvalue weighted by Crippen LogP contribution is -2.47. The van der Waals surface area contributed by atoms with Crippen LogP contribution >= 0.6 is 11.3 Å². The van der Waals surface area contributed by atoms with E-state index in [2.05, 4.69) is 52.1 Å². The molecule has 0 aliphatic carbocycles. The molecule has 4 nitrogen and oxygen atoms in total. The first kappa shape index (κ1) is 18.7. The second kappa shape index (κ2) is 8.13. The Labute approximate surface area is 165 Å². The topological polar surface area (TPSA) is 32.8 Å². The minimum Gasteiger partial charge on any atom is -0.375 e. The van der Waals surface area contributed by atoms with Gasteiger partial charge in [0.05, 0.1) is 0 Å². The Balaban J connectivity index is 1.52. The summed E-state index contributed by atoms with van der Waals surface area (Å²) in [4.78, 5) is 16.8. The second-order valence-electron chi connectivity index (χ2n) is 7.94. The number of hydrogen-bond donors (Lipinski definition) is 0. The first-order valence-corrected chi connectivity index (χ1v) is 10.7. The number of amides is 1. The Bertz CT molecular complexity index is 739. The summed E-state index contributed by atoms with van der Waals surface area (Å²) < 4.78 is 5.04. The van der Waals surface area contributed by atoms with Crippen LogP contribution in [0.2, 0.25) is 0 Å². The molecule has 2 aromatic rings. The van der Waals surface area contributed by atoms with E-state index in [1.54, 1.807) is 18.4 Å². The fourth-order valence-electron chi connectivity index (χ4n) is 4.90. The number of carbonyl (C=O) groups excluding carboxylic acids is 1. The van der Waals surface area contributed by atoms with Crippen molar-refractivity contribution in [1.29, 1.82) is 0 Å². The van der Waals surface area contributed by atoms with Gasteiger partial charge < -0.3 is 9.64 Å². The maximum atomic E-state index is 12.2. The predicted molar refractivity (Wildman–Crippen MR) is 109 cm³/mol. The van der Waals surface area contributed by atoms with Gasteiger partial charge in [0.25, 0.3) is 0 Å². The highest BCUT2D eigenvalue weighted by atomic mass is 32.1. The molecule has 5 heteroatoms. The van der Waals surface area contributed by atoms with Crippen LogP contribution in [0.3, 0.4) is 0 Å². The normalized spacial score (nSPS) is 22.4. The molecule has 1 aromatic heterocycles. The molecule has 1 aromatic carbocycles. The van der Waals surface area contributed by atoms with Crippen molar-refractivity contribution in [2.45, 2.75) is 25.3 Å². The monoisotopic (exact) mass is 384 g/mol. The van der Waals surface area contributed by atoms with Gasteiger partial charge in [0.15, 0.2) is 0 Å². The van der Waals surface area contributed by atoms with Gasteiger partial charge in [0, 0.05) is 45.8 Å². The molecule has 2 saturated heterocycles.